The second-order valence-corrected chi connectivity index (χ2v) is 7.57. The van der Waals surface area contributed by atoms with E-state index in [4.69, 9.17) is 0 Å². The Morgan fingerprint density at radius 3 is 2.96 bits per heavy atom. The maximum atomic E-state index is 13.0. The Labute approximate surface area is 142 Å². The zero-order chi connectivity index (χ0) is 16.5. The standard InChI is InChI=1S/C18H26N4O2/c23-17(19-9-12-6-7-12)14-4-2-8-22(11-14)18(24)15-5-1-3-13-10-20-21-16(13)15/h10,12,14-15H,1-9,11H2,(H,19,23)(H,20,21)/t14-,15-/m0/s1. The number of hydrogen-bond donors (Lipinski definition) is 2. The van der Waals surface area contributed by atoms with Crippen LogP contribution in [0.2, 0.25) is 0 Å². The number of carbonyl (C=O) groups is 2. The zero-order valence-electron chi connectivity index (χ0n) is 14.1. The van der Waals surface area contributed by atoms with E-state index < -0.39 is 0 Å². The molecular weight excluding hydrogens is 304 g/mol. The smallest absolute Gasteiger partial charge is 0.231 e. The maximum absolute atomic E-state index is 13.0. The molecule has 0 aromatic carbocycles. The van der Waals surface area contributed by atoms with Crippen molar-refractivity contribution in [1.82, 2.24) is 20.4 Å². The Bertz CT molecular complexity index is 622. The lowest BCUT2D eigenvalue weighted by Crippen LogP contribution is -2.47. The van der Waals surface area contributed by atoms with Crippen LogP contribution in [0, 0.1) is 11.8 Å². The number of likely N-dealkylation sites (tertiary alicyclic amines) is 1. The molecule has 2 fully saturated rings. The van der Waals surface area contributed by atoms with Gasteiger partial charge in [-0.3, -0.25) is 14.7 Å². The number of H-pyrrole nitrogens is 1. The number of aromatic nitrogens is 2. The molecular formula is C18H26N4O2. The second kappa shape index (κ2) is 6.57. The topological polar surface area (TPSA) is 78.1 Å². The van der Waals surface area contributed by atoms with Crippen molar-refractivity contribution in [2.24, 2.45) is 11.8 Å². The molecule has 1 saturated heterocycles. The lowest BCUT2D eigenvalue weighted by Gasteiger charge is -2.35. The summed E-state index contributed by atoms with van der Waals surface area (Å²) in [7, 11) is 0. The monoisotopic (exact) mass is 330 g/mol. The normalized spacial score (nSPS) is 26.8. The van der Waals surface area contributed by atoms with Crippen LogP contribution in [0.4, 0.5) is 0 Å². The molecule has 1 saturated carbocycles. The third-order valence-corrected chi connectivity index (χ3v) is 5.70. The summed E-state index contributed by atoms with van der Waals surface area (Å²) in [5.41, 5.74) is 2.17. The van der Waals surface area contributed by atoms with Crippen molar-refractivity contribution in [1.29, 1.82) is 0 Å². The van der Waals surface area contributed by atoms with Gasteiger partial charge in [0.25, 0.3) is 0 Å². The Hall–Kier alpha value is -1.85. The van der Waals surface area contributed by atoms with Crippen molar-refractivity contribution in [2.75, 3.05) is 19.6 Å². The van der Waals surface area contributed by atoms with Crippen LogP contribution >= 0.6 is 0 Å². The van der Waals surface area contributed by atoms with Crippen molar-refractivity contribution in [3.05, 3.63) is 17.5 Å². The van der Waals surface area contributed by atoms with Crippen LogP contribution in [0.1, 0.15) is 55.7 Å². The third kappa shape index (κ3) is 3.19. The number of rotatable bonds is 4. The number of aromatic amines is 1. The molecule has 6 nitrogen and oxygen atoms in total. The molecule has 130 valence electrons. The van der Waals surface area contributed by atoms with Gasteiger partial charge in [0.1, 0.15) is 0 Å². The number of amides is 2. The predicted molar refractivity (Wildman–Crippen MR) is 89.3 cm³/mol. The first-order valence-electron chi connectivity index (χ1n) is 9.31. The molecule has 24 heavy (non-hydrogen) atoms. The van der Waals surface area contributed by atoms with Crippen molar-refractivity contribution in [2.45, 2.75) is 50.9 Å². The number of hydrogen-bond acceptors (Lipinski definition) is 3. The van der Waals surface area contributed by atoms with E-state index in [1.165, 1.54) is 18.4 Å². The van der Waals surface area contributed by atoms with Crippen LogP contribution in [0.25, 0.3) is 0 Å². The van der Waals surface area contributed by atoms with E-state index >= 15 is 0 Å². The summed E-state index contributed by atoms with van der Waals surface area (Å²) >= 11 is 0. The Balaban J connectivity index is 1.39. The molecule has 0 unspecified atom stereocenters. The molecule has 6 heteroatoms. The third-order valence-electron chi connectivity index (χ3n) is 5.70. The largest absolute Gasteiger partial charge is 0.356 e. The summed E-state index contributed by atoms with van der Waals surface area (Å²) in [4.78, 5) is 27.3. The number of piperidine rings is 1. The molecule has 1 aromatic heterocycles. The first kappa shape index (κ1) is 15.7. The first-order chi connectivity index (χ1) is 11.7. The van der Waals surface area contributed by atoms with E-state index in [9.17, 15) is 9.59 Å². The zero-order valence-corrected chi connectivity index (χ0v) is 14.1. The van der Waals surface area contributed by atoms with Gasteiger partial charge < -0.3 is 10.2 Å². The van der Waals surface area contributed by atoms with Gasteiger partial charge in [-0.1, -0.05) is 0 Å². The summed E-state index contributed by atoms with van der Waals surface area (Å²) < 4.78 is 0. The molecule has 3 aliphatic rings. The fraction of sp³-hybridized carbons (Fsp3) is 0.722. The van der Waals surface area contributed by atoms with E-state index in [0.717, 1.165) is 50.9 Å². The fourth-order valence-corrected chi connectivity index (χ4v) is 4.03. The Morgan fingerprint density at radius 1 is 1.25 bits per heavy atom. The van der Waals surface area contributed by atoms with Crippen LogP contribution in [-0.2, 0) is 16.0 Å². The van der Waals surface area contributed by atoms with Gasteiger partial charge in [0.15, 0.2) is 0 Å². The minimum atomic E-state index is -0.107. The summed E-state index contributed by atoms with van der Waals surface area (Å²) in [5.74, 6) is 0.831. The van der Waals surface area contributed by atoms with Gasteiger partial charge in [0, 0.05) is 19.6 Å². The summed E-state index contributed by atoms with van der Waals surface area (Å²) in [6.45, 7) is 2.14. The Morgan fingerprint density at radius 2 is 2.12 bits per heavy atom. The highest BCUT2D eigenvalue weighted by Gasteiger charge is 2.35. The molecule has 2 atom stereocenters. The molecule has 0 radical (unpaired) electrons. The SMILES string of the molecule is O=C(NCC1CC1)[C@H]1CCCN(C(=O)[C@H]2CCCc3cn[nH]c32)C1. The molecule has 1 aliphatic heterocycles. The van der Waals surface area contributed by atoms with E-state index in [1.54, 1.807) is 0 Å². The average molecular weight is 330 g/mol. The van der Waals surface area contributed by atoms with Crippen LogP contribution < -0.4 is 5.32 Å². The fourth-order valence-electron chi connectivity index (χ4n) is 4.03. The van der Waals surface area contributed by atoms with E-state index in [2.05, 4.69) is 15.5 Å². The molecule has 2 N–H and O–H groups in total. The molecule has 2 amide bonds. The van der Waals surface area contributed by atoms with Crippen LogP contribution in [0.3, 0.4) is 0 Å². The first-order valence-corrected chi connectivity index (χ1v) is 9.31. The highest BCUT2D eigenvalue weighted by molar-refractivity contribution is 5.85. The van der Waals surface area contributed by atoms with Gasteiger partial charge in [-0.2, -0.15) is 5.10 Å². The highest BCUT2D eigenvalue weighted by atomic mass is 16.2. The molecule has 0 bridgehead atoms. The van der Waals surface area contributed by atoms with Gasteiger partial charge in [-0.05, 0) is 56.4 Å². The second-order valence-electron chi connectivity index (χ2n) is 7.57. The van der Waals surface area contributed by atoms with Gasteiger partial charge in [-0.15, -0.1) is 0 Å². The number of carbonyl (C=O) groups excluding carboxylic acids is 2. The van der Waals surface area contributed by atoms with Gasteiger partial charge >= 0.3 is 0 Å². The van der Waals surface area contributed by atoms with Gasteiger partial charge in [-0.25, -0.2) is 0 Å². The minimum absolute atomic E-state index is 0.0497. The van der Waals surface area contributed by atoms with Crippen molar-refractivity contribution >= 4 is 11.8 Å². The van der Waals surface area contributed by atoms with Crippen molar-refractivity contribution < 1.29 is 9.59 Å². The summed E-state index contributed by atoms with van der Waals surface area (Å²) in [6.07, 6.45) is 9.04. The quantitative estimate of drug-likeness (QED) is 0.880. The molecule has 4 rings (SSSR count). The van der Waals surface area contributed by atoms with Crippen molar-refractivity contribution in [3.8, 4) is 0 Å². The lowest BCUT2D eigenvalue weighted by atomic mass is 9.86. The summed E-state index contributed by atoms with van der Waals surface area (Å²) in [5, 5.41) is 10.2. The lowest BCUT2D eigenvalue weighted by molar-refractivity contribution is -0.137. The van der Waals surface area contributed by atoms with Crippen LogP contribution in [0.5, 0.6) is 0 Å². The highest BCUT2D eigenvalue weighted by Crippen LogP contribution is 2.32. The van der Waals surface area contributed by atoms with E-state index in [0.29, 0.717) is 12.5 Å². The van der Waals surface area contributed by atoms with Crippen LogP contribution in [-0.4, -0.2) is 46.5 Å². The number of nitrogens with zero attached hydrogens (tertiary/aromatic N) is 2. The molecule has 1 aromatic rings. The Kier molecular flexibility index (Phi) is 4.29. The predicted octanol–water partition coefficient (Wildman–Crippen LogP) is 1.59. The maximum Gasteiger partial charge on any atom is 0.231 e. The number of fused-ring (bicyclic) bond motifs is 1. The molecule has 2 heterocycles. The van der Waals surface area contributed by atoms with E-state index in [1.807, 2.05) is 11.1 Å². The molecule has 0 spiro atoms. The van der Waals surface area contributed by atoms with Crippen LogP contribution in [0.15, 0.2) is 6.20 Å². The van der Waals surface area contributed by atoms with Crippen molar-refractivity contribution in [3.63, 3.8) is 0 Å². The van der Waals surface area contributed by atoms with Gasteiger partial charge in [0.05, 0.1) is 23.7 Å². The number of nitrogens with one attached hydrogen (secondary N) is 2. The number of aryl methyl sites for hydroxylation is 1. The summed E-state index contributed by atoms with van der Waals surface area (Å²) in [6, 6.07) is 0. The van der Waals surface area contributed by atoms with Gasteiger partial charge in [0.2, 0.25) is 11.8 Å². The van der Waals surface area contributed by atoms with E-state index in [-0.39, 0.29) is 23.7 Å². The minimum Gasteiger partial charge on any atom is -0.356 e. The average Bonchev–Trinajstić information content (AvgIpc) is 3.33. The molecule has 2 aliphatic carbocycles.